The van der Waals surface area contributed by atoms with Crippen LogP contribution in [-0.2, 0) is 7.05 Å². The Kier molecular flexibility index (Phi) is 4.92. The molecule has 1 aliphatic heterocycles. The Balaban J connectivity index is 1.49. The quantitative estimate of drug-likeness (QED) is 0.735. The molecule has 3 heterocycles. The van der Waals surface area contributed by atoms with Crippen molar-refractivity contribution >= 4 is 17.5 Å². The molecule has 3 aromatic rings. The van der Waals surface area contributed by atoms with Crippen LogP contribution >= 0.6 is 0 Å². The van der Waals surface area contributed by atoms with Gasteiger partial charge in [0.15, 0.2) is 0 Å². The second-order valence-corrected chi connectivity index (χ2v) is 6.69. The molecule has 0 spiro atoms. The fourth-order valence-corrected chi connectivity index (χ4v) is 3.26. The van der Waals surface area contributed by atoms with E-state index in [9.17, 15) is 4.79 Å². The lowest BCUT2D eigenvalue weighted by atomic mass is 10.1. The summed E-state index contributed by atoms with van der Waals surface area (Å²) in [5.41, 5.74) is 2.58. The molecule has 0 unspecified atom stereocenters. The third-order valence-corrected chi connectivity index (χ3v) is 4.76. The van der Waals surface area contributed by atoms with E-state index in [1.165, 1.54) is 0 Å². The summed E-state index contributed by atoms with van der Waals surface area (Å²) in [5.74, 6) is 1.18. The summed E-state index contributed by atoms with van der Waals surface area (Å²) in [5, 5.41) is 7.28. The molecule has 1 aliphatic rings. The number of hydrogen-bond donors (Lipinski definition) is 1. The Morgan fingerprint density at radius 1 is 1.14 bits per heavy atom. The number of benzene rings is 1. The number of hydrogen-bond acceptors (Lipinski definition) is 6. The van der Waals surface area contributed by atoms with Crippen LogP contribution in [0.3, 0.4) is 0 Å². The average molecular weight is 378 g/mol. The number of nitrogens with one attached hydrogen (secondary N) is 1. The van der Waals surface area contributed by atoms with Gasteiger partial charge in [-0.1, -0.05) is 12.1 Å². The van der Waals surface area contributed by atoms with Crippen LogP contribution in [0.1, 0.15) is 23.3 Å². The molecule has 0 atom stereocenters. The standard InChI is InChI=1S/C20H22N6O2/c1-25-18(11-17(24-25)14-6-5-7-16(10-14)28-2)19(27)23-15-12-21-20(22-13-15)26-8-3-4-9-26/h5-7,10-13H,3-4,8-9H2,1-2H3,(H,23,27). The second-order valence-electron chi connectivity index (χ2n) is 6.69. The first-order valence-electron chi connectivity index (χ1n) is 9.21. The predicted molar refractivity (Wildman–Crippen MR) is 107 cm³/mol. The minimum atomic E-state index is -0.262. The van der Waals surface area contributed by atoms with Gasteiger partial charge in [-0.05, 0) is 31.0 Å². The highest BCUT2D eigenvalue weighted by molar-refractivity contribution is 6.03. The van der Waals surface area contributed by atoms with Gasteiger partial charge in [-0.3, -0.25) is 9.48 Å². The molecule has 1 saturated heterocycles. The number of anilines is 2. The van der Waals surface area contributed by atoms with E-state index in [1.807, 2.05) is 24.3 Å². The smallest absolute Gasteiger partial charge is 0.274 e. The number of nitrogens with zero attached hydrogens (tertiary/aromatic N) is 5. The molecule has 1 fully saturated rings. The summed E-state index contributed by atoms with van der Waals surface area (Å²) in [7, 11) is 3.36. The maximum Gasteiger partial charge on any atom is 0.274 e. The maximum atomic E-state index is 12.7. The molecule has 0 bridgehead atoms. The lowest BCUT2D eigenvalue weighted by Gasteiger charge is -2.14. The summed E-state index contributed by atoms with van der Waals surface area (Å²) in [4.78, 5) is 23.6. The van der Waals surface area contributed by atoms with E-state index in [4.69, 9.17) is 4.74 Å². The van der Waals surface area contributed by atoms with E-state index in [0.29, 0.717) is 23.0 Å². The van der Waals surface area contributed by atoms with Gasteiger partial charge in [0.1, 0.15) is 11.4 Å². The molecule has 8 heteroatoms. The third kappa shape index (κ3) is 3.66. The topological polar surface area (TPSA) is 85.2 Å². The summed E-state index contributed by atoms with van der Waals surface area (Å²) in [6.07, 6.45) is 5.60. The molecule has 1 aromatic carbocycles. The van der Waals surface area contributed by atoms with Crippen LogP contribution < -0.4 is 15.0 Å². The van der Waals surface area contributed by atoms with Crippen molar-refractivity contribution in [1.29, 1.82) is 0 Å². The molecule has 28 heavy (non-hydrogen) atoms. The minimum absolute atomic E-state index is 0.262. The van der Waals surface area contributed by atoms with Crippen molar-refractivity contribution in [2.24, 2.45) is 7.05 Å². The molecule has 2 aromatic heterocycles. The molecule has 8 nitrogen and oxygen atoms in total. The van der Waals surface area contributed by atoms with Crippen LogP contribution in [0.5, 0.6) is 5.75 Å². The van der Waals surface area contributed by atoms with Crippen LogP contribution in [0.2, 0.25) is 0 Å². The molecule has 144 valence electrons. The molecule has 0 saturated carbocycles. The Bertz CT molecular complexity index is 977. The van der Waals surface area contributed by atoms with E-state index in [-0.39, 0.29) is 5.91 Å². The monoisotopic (exact) mass is 378 g/mol. The number of carbonyl (C=O) groups is 1. The van der Waals surface area contributed by atoms with Gasteiger partial charge in [0.25, 0.3) is 5.91 Å². The van der Waals surface area contributed by atoms with Crippen molar-refractivity contribution in [3.05, 3.63) is 48.4 Å². The minimum Gasteiger partial charge on any atom is -0.497 e. The lowest BCUT2D eigenvalue weighted by molar-refractivity contribution is 0.101. The van der Waals surface area contributed by atoms with E-state index in [2.05, 4.69) is 25.3 Å². The third-order valence-electron chi connectivity index (χ3n) is 4.76. The van der Waals surface area contributed by atoms with Crippen molar-refractivity contribution in [2.45, 2.75) is 12.8 Å². The van der Waals surface area contributed by atoms with Crippen LogP contribution in [0.25, 0.3) is 11.3 Å². The predicted octanol–water partition coefficient (Wildman–Crippen LogP) is 2.74. The molecular formula is C20H22N6O2. The van der Waals surface area contributed by atoms with Crippen LogP contribution in [0, 0.1) is 0 Å². The lowest BCUT2D eigenvalue weighted by Crippen LogP contribution is -2.21. The Morgan fingerprint density at radius 3 is 2.61 bits per heavy atom. The highest BCUT2D eigenvalue weighted by atomic mass is 16.5. The highest BCUT2D eigenvalue weighted by Crippen LogP contribution is 2.24. The zero-order valence-electron chi connectivity index (χ0n) is 15.9. The number of aromatic nitrogens is 4. The summed E-state index contributed by atoms with van der Waals surface area (Å²) < 4.78 is 6.81. The van der Waals surface area contributed by atoms with E-state index < -0.39 is 0 Å². The first-order valence-corrected chi connectivity index (χ1v) is 9.21. The van der Waals surface area contributed by atoms with Gasteiger partial charge in [0, 0.05) is 25.7 Å². The normalized spacial score (nSPS) is 13.6. The Morgan fingerprint density at radius 2 is 1.89 bits per heavy atom. The van der Waals surface area contributed by atoms with Crippen LogP contribution in [0.4, 0.5) is 11.6 Å². The Hall–Kier alpha value is -3.42. The fraction of sp³-hybridized carbons (Fsp3) is 0.300. The maximum absolute atomic E-state index is 12.7. The molecule has 0 aliphatic carbocycles. The first kappa shape index (κ1) is 18.0. The van der Waals surface area contributed by atoms with Crippen molar-refractivity contribution in [1.82, 2.24) is 19.7 Å². The van der Waals surface area contributed by atoms with Crippen LogP contribution in [-0.4, -0.2) is 45.9 Å². The first-order chi connectivity index (χ1) is 13.6. The van der Waals surface area contributed by atoms with Gasteiger partial charge >= 0.3 is 0 Å². The fourth-order valence-electron chi connectivity index (χ4n) is 3.26. The molecular weight excluding hydrogens is 356 g/mol. The average Bonchev–Trinajstić information content (AvgIpc) is 3.38. The number of methoxy groups -OCH3 is 1. The van der Waals surface area contributed by atoms with Crippen molar-refractivity contribution in [2.75, 3.05) is 30.4 Å². The summed E-state index contributed by atoms with van der Waals surface area (Å²) in [6.45, 7) is 1.96. The summed E-state index contributed by atoms with van der Waals surface area (Å²) in [6, 6.07) is 9.32. The zero-order valence-corrected chi connectivity index (χ0v) is 15.9. The van der Waals surface area contributed by atoms with E-state index in [1.54, 1.807) is 37.3 Å². The van der Waals surface area contributed by atoms with E-state index in [0.717, 1.165) is 37.2 Å². The largest absolute Gasteiger partial charge is 0.497 e. The SMILES string of the molecule is COc1cccc(-c2cc(C(=O)Nc3cnc(N4CCCC4)nc3)n(C)n2)c1. The molecule has 0 radical (unpaired) electrons. The number of aryl methyl sites for hydroxylation is 1. The zero-order chi connectivity index (χ0) is 19.5. The van der Waals surface area contributed by atoms with Gasteiger partial charge in [-0.15, -0.1) is 0 Å². The van der Waals surface area contributed by atoms with Gasteiger partial charge in [-0.2, -0.15) is 5.10 Å². The number of carbonyl (C=O) groups excluding carboxylic acids is 1. The second kappa shape index (κ2) is 7.67. The van der Waals surface area contributed by atoms with E-state index >= 15 is 0 Å². The molecule has 1 N–H and O–H groups in total. The number of ether oxygens (including phenoxy) is 1. The molecule has 4 rings (SSSR count). The molecule has 1 amide bonds. The van der Waals surface area contributed by atoms with Crippen molar-refractivity contribution in [3.63, 3.8) is 0 Å². The van der Waals surface area contributed by atoms with Gasteiger partial charge in [0.2, 0.25) is 5.95 Å². The summed E-state index contributed by atoms with van der Waals surface area (Å²) >= 11 is 0. The van der Waals surface area contributed by atoms with Gasteiger partial charge < -0.3 is 15.0 Å². The van der Waals surface area contributed by atoms with Gasteiger partial charge in [-0.25, -0.2) is 9.97 Å². The number of amides is 1. The Labute approximate surface area is 163 Å². The van der Waals surface area contributed by atoms with Gasteiger partial charge in [0.05, 0.1) is 30.9 Å². The highest BCUT2D eigenvalue weighted by Gasteiger charge is 2.17. The van der Waals surface area contributed by atoms with Crippen LogP contribution in [0.15, 0.2) is 42.7 Å². The van der Waals surface area contributed by atoms with Crippen molar-refractivity contribution < 1.29 is 9.53 Å². The van der Waals surface area contributed by atoms with Crippen molar-refractivity contribution in [3.8, 4) is 17.0 Å². The number of rotatable bonds is 5.